The quantitative estimate of drug-likeness (QED) is 0.813. The lowest BCUT2D eigenvalue weighted by Gasteiger charge is -2.22. The van der Waals surface area contributed by atoms with Gasteiger partial charge in [0.05, 0.1) is 6.10 Å². The molecule has 0 spiro atoms. The number of nitrogens with one attached hydrogen (secondary N) is 1. The SMILES string of the molecule is OC1CCCCCC1NCc1ccccc1C1CC1. The summed E-state index contributed by atoms with van der Waals surface area (Å²) in [5, 5.41) is 13.8. The van der Waals surface area contributed by atoms with E-state index in [2.05, 4.69) is 29.6 Å². The predicted octanol–water partition coefficient (Wildman–Crippen LogP) is 3.35. The highest BCUT2D eigenvalue weighted by Gasteiger charge is 2.26. The van der Waals surface area contributed by atoms with Crippen LogP contribution in [0.1, 0.15) is 62.0 Å². The zero-order chi connectivity index (χ0) is 13.1. The van der Waals surface area contributed by atoms with Gasteiger partial charge in [0, 0.05) is 12.6 Å². The summed E-state index contributed by atoms with van der Waals surface area (Å²) in [5.41, 5.74) is 2.96. The largest absolute Gasteiger partial charge is 0.392 e. The summed E-state index contributed by atoms with van der Waals surface area (Å²) in [5.74, 6) is 0.803. The Morgan fingerprint density at radius 2 is 1.79 bits per heavy atom. The maximum absolute atomic E-state index is 10.2. The zero-order valence-electron chi connectivity index (χ0n) is 11.6. The number of hydrogen-bond donors (Lipinski definition) is 2. The molecule has 1 aromatic rings. The van der Waals surface area contributed by atoms with Crippen molar-refractivity contribution in [2.45, 2.75) is 69.6 Å². The van der Waals surface area contributed by atoms with Crippen molar-refractivity contribution >= 4 is 0 Å². The molecule has 0 saturated heterocycles. The fourth-order valence-corrected chi connectivity index (χ4v) is 3.26. The van der Waals surface area contributed by atoms with Crippen molar-refractivity contribution in [3.63, 3.8) is 0 Å². The highest BCUT2D eigenvalue weighted by molar-refractivity contribution is 5.33. The Hall–Kier alpha value is -0.860. The minimum absolute atomic E-state index is 0.157. The summed E-state index contributed by atoms with van der Waals surface area (Å²) in [6.45, 7) is 0.911. The van der Waals surface area contributed by atoms with Crippen molar-refractivity contribution < 1.29 is 5.11 Å². The van der Waals surface area contributed by atoms with Crippen LogP contribution in [0.5, 0.6) is 0 Å². The third-order valence-electron chi connectivity index (χ3n) is 4.61. The van der Waals surface area contributed by atoms with E-state index in [0.29, 0.717) is 0 Å². The van der Waals surface area contributed by atoms with Crippen molar-refractivity contribution in [3.05, 3.63) is 35.4 Å². The number of aliphatic hydroxyl groups is 1. The van der Waals surface area contributed by atoms with E-state index in [9.17, 15) is 5.11 Å². The Balaban J connectivity index is 1.62. The number of aliphatic hydroxyl groups excluding tert-OH is 1. The molecule has 0 radical (unpaired) electrons. The van der Waals surface area contributed by atoms with Gasteiger partial charge >= 0.3 is 0 Å². The number of hydrogen-bond acceptors (Lipinski definition) is 2. The van der Waals surface area contributed by atoms with Gasteiger partial charge in [0.15, 0.2) is 0 Å². The third kappa shape index (κ3) is 3.37. The number of rotatable bonds is 4. The van der Waals surface area contributed by atoms with Crippen molar-refractivity contribution in [1.82, 2.24) is 5.32 Å². The van der Waals surface area contributed by atoms with Gasteiger partial charge < -0.3 is 10.4 Å². The van der Waals surface area contributed by atoms with Crippen LogP contribution < -0.4 is 5.32 Å². The molecule has 0 amide bonds. The van der Waals surface area contributed by atoms with E-state index in [4.69, 9.17) is 0 Å². The topological polar surface area (TPSA) is 32.3 Å². The molecule has 0 aromatic heterocycles. The first-order chi connectivity index (χ1) is 9.34. The second-order valence-corrected chi connectivity index (χ2v) is 6.17. The predicted molar refractivity (Wildman–Crippen MR) is 78.1 cm³/mol. The first-order valence-corrected chi connectivity index (χ1v) is 7.84. The highest BCUT2D eigenvalue weighted by atomic mass is 16.3. The lowest BCUT2D eigenvalue weighted by atomic mass is 10.0. The average Bonchev–Trinajstić information content (AvgIpc) is 3.26. The highest BCUT2D eigenvalue weighted by Crippen LogP contribution is 2.41. The van der Waals surface area contributed by atoms with Gasteiger partial charge in [-0.3, -0.25) is 0 Å². The van der Waals surface area contributed by atoms with Crippen LogP contribution in [0, 0.1) is 0 Å². The maximum atomic E-state index is 10.2. The molecule has 2 fully saturated rings. The van der Waals surface area contributed by atoms with Gasteiger partial charge in [-0.1, -0.05) is 43.5 Å². The van der Waals surface area contributed by atoms with E-state index in [1.54, 1.807) is 0 Å². The molecule has 1 aromatic carbocycles. The Morgan fingerprint density at radius 1 is 1.00 bits per heavy atom. The molecule has 2 saturated carbocycles. The molecular weight excluding hydrogens is 234 g/mol. The fraction of sp³-hybridized carbons (Fsp3) is 0.647. The van der Waals surface area contributed by atoms with E-state index in [-0.39, 0.29) is 12.1 Å². The summed E-state index contributed by atoms with van der Waals surface area (Å²) in [4.78, 5) is 0. The molecule has 2 aliphatic carbocycles. The Morgan fingerprint density at radius 3 is 2.63 bits per heavy atom. The first kappa shape index (κ1) is 13.1. The zero-order valence-corrected chi connectivity index (χ0v) is 11.6. The Bertz CT molecular complexity index is 413. The summed E-state index contributed by atoms with van der Waals surface area (Å²) in [6.07, 6.45) is 8.32. The van der Waals surface area contributed by atoms with Crippen molar-refractivity contribution in [2.24, 2.45) is 0 Å². The van der Waals surface area contributed by atoms with Gasteiger partial charge in [-0.2, -0.15) is 0 Å². The normalized spacial score (nSPS) is 28.1. The van der Waals surface area contributed by atoms with Crippen molar-refractivity contribution in [1.29, 1.82) is 0 Å². The minimum Gasteiger partial charge on any atom is -0.392 e. The summed E-state index contributed by atoms with van der Waals surface area (Å²) in [6, 6.07) is 9.08. The van der Waals surface area contributed by atoms with Crippen LogP contribution in [0.15, 0.2) is 24.3 Å². The van der Waals surface area contributed by atoms with Crippen molar-refractivity contribution in [2.75, 3.05) is 0 Å². The van der Waals surface area contributed by atoms with Crippen LogP contribution in [-0.4, -0.2) is 17.3 Å². The van der Waals surface area contributed by atoms with Gasteiger partial charge in [-0.05, 0) is 42.7 Å². The molecule has 3 rings (SSSR count). The molecule has 19 heavy (non-hydrogen) atoms. The Labute approximate surface area is 116 Å². The van der Waals surface area contributed by atoms with Crippen LogP contribution in [0.25, 0.3) is 0 Å². The van der Waals surface area contributed by atoms with Crippen LogP contribution >= 0.6 is 0 Å². The lowest BCUT2D eigenvalue weighted by molar-refractivity contribution is 0.119. The second-order valence-electron chi connectivity index (χ2n) is 6.17. The van der Waals surface area contributed by atoms with Gasteiger partial charge in [-0.25, -0.2) is 0 Å². The maximum Gasteiger partial charge on any atom is 0.0693 e. The van der Waals surface area contributed by atoms with Gasteiger partial charge in [0.2, 0.25) is 0 Å². The summed E-state index contributed by atoms with van der Waals surface area (Å²) in [7, 11) is 0. The summed E-state index contributed by atoms with van der Waals surface area (Å²) >= 11 is 0. The summed E-state index contributed by atoms with van der Waals surface area (Å²) < 4.78 is 0. The van der Waals surface area contributed by atoms with E-state index < -0.39 is 0 Å². The van der Waals surface area contributed by atoms with E-state index >= 15 is 0 Å². The molecule has 2 atom stereocenters. The third-order valence-corrected chi connectivity index (χ3v) is 4.61. The van der Waals surface area contributed by atoms with Crippen LogP contribution in [0.2, 0.25) is 0 Å². The van der Waals surface area contributed by atoms with E-state index in [1.165, 1.54) is 43.2 Å². The molecule has 104 valence electrons. The van der Waals surface area contributed by atoms with Crippen LogP contribution in [0.4, 0.5) is 0 Å². The molecule has 2 nitrogen and oxygen atoms in total. The molecular formula is C17H25NO. The molecule has 0 bridgehead atoms. The fourth-order valence-electron chi connectivity index (χ4n) is 3.26. The number of benzene rings is 1. The monoisotopic (exact) mass is 259 g/mol. The lowest BCUT2D eigenvalue weighted by Crippen LogP contribution is -2.38. The van der Waals surface area contributed by atoms with E-state index in [0.717, 1.165) is 25.3 Å². The van der Waals surface area contributed by atoms with Gasteiger partial charge in [0.1, 0.15) is 0 Å². The molecule has 2 aliphatic rings. The second kappa shape index (κ2) is 6.06. The van der Waals surface area contributed by atoms with Crippen LogP contribution in [-0.2, 0) is 6.54 Å². The van der Waals surface area contributed by atoms with Crippen molar-refractivity contribution in [3.8, 4) is 0 Å². The van der Waals surface area contributed by atoms with Gasteiger partial charge in [-0.15, -0.1) is 0 Å². The van der Waals surface area contributed by atoms with Crippen LogP contribution in [0.3, 0.4) is 0 Å². The molecule has 2 heteroatoms. The van der Waals surface area contributed by atoms with E-state index in [1.807, 2.05) is 0 Å². The molecule has 0 heterocycles. The average molecular weight is 259 g/mol. The smallest absolute Gasteiger partial charge is 0.0693 e. The molecule has 0 aliphatic heterocycles. The molecule has 2 N–H and O–H groups in total. The standard InChI is InChI=1S/C17H25NO/c19-17-9-3-1-2-8-16(17)18-12-14-6-4-5-7-15(14)13-10-11-13/h4-7,13,16-19H,1-3,8-12H2. The Kier molecular flexibility index (Phi) is 4.19. The molecule has 2 unspecified atom stereocenters. The first-order valence-electron chi connectivity index (χ1n) is 7.84. The van der Waals surface area contributed by atoms with Gasteiger partial charge in [0.25, 0.3) is 0 Å². The minimum atomic E-state index is -0.157.